The van der Waals surface area contributed by atoms with E-state index < -0.39 is 34.4 Å². The van der Waals surface area contributed by atoms with E-state index in [0.717, 1.165) is 8.66 Å². The second-order valence-electron chi connectivity index (χ2n) is 4.75. The first-order valence-corrected chi connectivity index (χ1v) is 9.87. The lowest BCUT2D eigenvalue weighted by Gasteiger charge is -2.10. The van der Waals surface area contributed by atoms with Crippen molar-refractivity contribution in [2.45, 2.75) is 12.5 Å². The normalized spacial score (nSPS) is 20.1. The molecule has 0 spiro atoms. The summed E-state index contributed by atoms with van der Waals surface area (Å²) >= 11 is 4.77. The zero-order chi connectivity index (χ0) is 16.2. The van der Waals surface area contributed by atoms with Crippen LogP contribution in [0.4, 0.5) is 0 Å². The van der Waals surface area contributed by atoms with E-state index in [4.69, 9.17) is 4.74 Å². The lowest BCUT2D eigenvalue weighted by Crippen LogP contribution is -2.38. The first-order valence-electron chi connectivity index (χ1n) is 6.44. The maximum Gasteiger partial charge on any atom is 0.331 e. The third-order valence-electron chi connectivity index (χ3n) is 2.92. The molecule has 1 aliphatic rings. The summed E-state index contributed by atoms with van der Waals surface area (Å²) < 4.78 is 28.3. The number of carbonyl (C=O) groups excluding carboxylic acids is 2. The predicted molar refractivity (Wildman–Crippen MR) is 87.2 cm³/mol. The third-order valence-corrected chi connectivity index (χ3v) is 6.28. The number of nitrogens with one attached hydrogen (secondary N) is 1. The van der Waals surface area contributed by atoms with Gasteiger partial charge in [-0.3, -0.25) is 4.79 Å². The Morgan fingerprint density at radius 2 is 2.23 bits per heavy atom. The van der Waals surface area contributed by atoms with Gasteiger partial charge >= 0.3 is 5.97 Å². The largest absolute Gasteiger partial charge is 0.452 e. The number of hydrogen-bond acceptors (Lipinski definition) is 6. The minimum absolute atomic E-state index is 0.0557. The SMILES string of the molecule is O=C(COC(=O)/C=C/c1ccc(Br)s1)N[C@H]1CCS(=O)(=O)C1. The van der Waals surface area contributed by atoms with Crippen LogP contribution in [0.1, 0.15) is 11.3 Å². The van der Waals surface area contributed by atoms with E-state index in [-0.39, 0.29) is 11.5 Å². The van der Waals surface area contributed by atoms with Crippen LogP contribution in [0.25, 0.3) is 6.08 Å². The quantitative estimate of drug-likeness (QED) is 0.587. The van der Waals surface area contributed by atoms with E-state index >= 15 is 0 Å². The van der Waals surface area contributed by atoms with E-state index in [2.05, 4.69) is 21.2 Å². The Morgan fingerprint density at radius 1 is 1.45 bits per heavy atom. The Kier molecular flexibility index (Phi) is 5.76. The van der Waals surface area contributed by atoms with Crippen LogP contribution in [0.2, 0.25) is 0 Å². The average molecular weight is 408 g/mol. The van der Waals surface area contributed by atoms with Gasteiger partial charge in [0.25, 0.3) is 5.91 Å². The lowest BCUT2D eigenvalue weighted by atomic mass is 10.2. The van der Waals surface area contributed by atoms with Gasteiger partial charge < -0.3 is 10.1 Å². The summed E-state index contributed by atoms with van der Waals surface area (Å²) in [5.41, 5.74) is 0. The summed E-state index contributed by atoms with van der Waals surface area (Å²) in [4.78, 5) is 23.9. The number of ether oxygens (including phenoxy) is 1. The van der Waals surface area contributed by atoms with Crippen LogP contribution in [-0.4, -0.2) is 44.4 Å². The number of hydrogen-bond donors (Lipinski definition) is 1. The molecule has 0 bridgehead atoms. The van der Waals surface area contributed by atoms with Gasteiger partial charge in [-0.15, -0.1) is 11.3 Å². The molecule has 1 aromatic heterocycles. The number of halogens is 1. The standard InChI is InChI=1S/C13H14BrNO5S2/c14-11-3-1-10(21-11)2-4-13(17)20-7-12(16)15-9-5-6-22(18,19)8-9/h1-4,9H,5-8H2,(H,15,16)/b4-2+/t9-/m0/s1. The van der Waals surface area contributed by atoms with E-state index in [1.54, 1.807) is 6.08 Å². The van der Waals surface area contributed by atoms with Crippen LogP contribution in [0.15, 0.2) is 22.0 Å². The van der Waals surface area contributed by atoms with Gasteiger partial charge in [0.1, 0.15) is 0 Å². The van der Waals surface area contributed by atoms with Gasteiger partial charge in [-0.2, -0.15) is 0 Å². The predicted octanol–water partition coefficient (Wildman–Crippen LogP) is 1.37. The van der Waals surface area contributed by atoms with Gasteiger partial charge in [0.05, 0.1) is 15.3 Å². The number of carbonyl (C=O) groups is 2. The second kappa shape index (κ2) is 7.38. The molecular formula is C13H14BrNO5S2. The molecule has 9 heteroatoms. The van der Waals surface area contributed by atoms with Crippen molar-refractivity contribution in [3.05, 3.63) is 26.9 Å². The van der Waals surface area contributed by atoms with Gasteiger partial charge in [0.15, 0.2) is 16.4 Å². The van der Waals surface area contributed by atoms with Crippen molar-refractivity contribution in [1.29, 1.82) is 0 Å². The molecule has 1 atom stereocenters. The van der Waals surface area contributed by atoms with Crippen molar-refractivity contribution >= 4 is 55.1 Å². The van der Waals surface area contributed by atoms with Crippen molar-refractivity contribution in [2.75, 3.05) is 18.1 Å². The smallest absolute Gasteiger partial charge is 0.331 e. The summed E-state index contributed by atoms with van der Waals surface area (Å²) in [5, 5.41) is 2.54. The van der Waals surface area contributed by atoms with Crippen LogP contribution in [0, 0.1) is 0 Å². The van der Waals surface area contributed by atoms with Crippen molar-refractivity contribution in [3.63, 3.8) is 0 Å². The monoisotopic (exact) mass is 407 g/mol. The van der Waals surface area contributed by atoms with Crippen molar-refractivity contribution in [3.8, 4) is 0 Å². The highest BCUT2D eigenvalue weighted by Gasteiger charge is 2.28. The molecule has 1 amide bonds. The van der Waals surface area contributed by atoms with Crippen LogP contribution in [0.5, 0.6) is 0 Å². The lowest BCUT2D eigenvalue weighted by molar-refractivity contribution is -0.143. The molecule has 0 radical (unpaired) electrons. The fraction of sp³-hybridized carbons (Fsp3) is 0.385. The molecule has 1 saturated heterocycles. The molecule has 0 aromatic carbocycles. The van der Waals surface area contributed by atoms with Crippen molar-refractivity contribution in [1.82, 2.24) is 5.32 Å². The summed E-state index contributed by atoms with van der Waals surface area (Å²) in [5.74, 6) is -1.10. The molecule has 2 rings (SSSR count). The molecule has 0 unspecified atom stereocenters. The van der Waals surface area contributed by atoms with E-state index in [1.165, 1.54) is 17.4 Å². The Labute approximate surface area is 140 Å². The highest BCUT2D eigenvalue weighted by Crippen LogP contribution is 2.22. The van der Waals surface area contributed by atoms with Gasteiger partial charge in [0, 0.05) is 17.0 Å². The topological polar surface area (TPSA) is 89.5 Å². The molecule has 0 saturated carbocycles. The number of amides is 1. The van der Waals surface area contributed by atoms with E-state index in [9.17, 15) is 18.0 Å². The van der Waals surface area contributed by atoms with Crippen LogP contribution >= 0.6 is 27.3 Å². The fourth-order valence-electron chi connectivity index (χ4n) is 1.93. The highest BCUT2D eigenvalue weighted by molar-refractivity contribution is 9.11. The summed E-state index contributed by atoms with van der Waals surface area (Å²) in [7, 11) is -3.05. The fourth-order valence-corrected chi connectivity index (χ4v) is 4.93. The zero-order valence-electron chi connectivity index (χ0n) is 11.5. The molecular weight excluding hydrogens is 394 g/mol. The van der Waals surface area contributed by atoms with Gasteiger partial charge in [0.2, 0.25) is 0 Å². The van der Waals surface area contributed by atoms with Gasteiger partial charge in [-0.05, 0) is 40.6 Å². The van der Waals surface area contributed by atoms with Gasteiger partial charge in [-0.1, -0.05) is 0 Å². The summed E-state index contributed by atoms with van der Waals surface area (Å²) in [6.07, 6.45) is 3.24. The minimum atomic E-state index is -3.05. The molecule has 22 heavy (non-hydrogen) atoms. The molecule has 0 aliphatic carbocycles. The van der Waals surface area contributed by atoms with E-state index in [1.807, 2.05) is 12.1 Å². The van der Waals surface area contributed by atoms with Crippen LogP contribution < -0.4 is 5.32 Å². The van der Waals surface area contributed by atoms with Crippen molar-refractivity contribution < 1.29 is 22.7 Å². The molecule has 120 valence electrons. The summed E-state index contributed by atoms with van der Waals surface area (Å²) in [6.45, 7) is -0.423. The number of thiophene rings is 1. The van der Waals surface area contributed by atoms with Crippen LogP contribution in [-0.2, 0) is 24.2 Å². The third kappa shape index (κ3) is 5.54. The number of esters is 1. The second-order valence-corrected chi connectivity index (χ2v) is 9.47. The molecule has 1 aromatic rings. The maximum absolute atomic E-state index is 11.6. The maximum atomic E-state index is 11.6. The number of sulfone groups is 1. The zero-order valence-corrected chi connectivity index (χ0v) is 14.7. The minimum Gasteiger partial charge on any atom is -0.452 e. The number of rotatable bonds is 5. The molecule has 2 heterocycles. The molecule has 1 aliphatic heterocycles. The average Bonchev–Trinajstić information content (AvgIpc) is 3.00. The van der Waals surface area contributed by atoms with Crippen LogP contribution in [0.3, 0.4) is 0 Å². The Bertz CT molecular complexity index is 695. The first kappa shape index (κ1) is 17.2. The molecule has 1 fully saturated rings. The van der Waals surface area contributed by atoms with Crippen molar-refractivity contribution in [2.24, 2.45) is 0 Å². The first-order chi connectivity index (χ1) is 10.3. The molecule has 1 N–H and O–H groups in total. The Hall–Kier alpha value is -1.19. The van der Waals surface area contributed by atoms with Gasteiger partial charge in [-0.25, -0.2) is 13.2 Å². The molecule has 6 nitrogen and oxygen atoms in total. The summed E-state index contributed by atoms with van der Waals surface area (Å²) in [6, 6.07) is 3.31. The Balaban J connectivity index is 1.72. The Morgan fingerprint density at radius 3 is 2.82 bits per heavy atom. The van der Waals surface area contributed by atoms with E-state index in [0.29, 0.717) is 6.42 Å². The highest BCUT2D eigenvalue weighted by atomic mass is 79.9.